The molecule has 12 heteroatoms. The molecule has 2 amide bonds. The molecule has 2 saturated carbocycles. The molecule has 0 bridgehead atoms. The number of benzene rings is 2. The summed E-state index contributed by atoms with van der Waals surface area (Å²) in [5, 5.41) is 11.0. The minimum atomic E-state index is -0.537. The Balaban J connectivity index is 0.000000256. The molecule has 262 valence electrons. The Hall–Kier alpha value is -1.94. The van der Waals surface area contributed by atoms with E-state index in [0.717, 1.165) is 54.4 Å². The Bertz CT molecular complexity index is 1380. The summed E-state index contributed by atoms with van der Waals surface area (Å²) in [4.78, 5) is 28.4. The van der Waals surface area contributed by atoms with Gasteiger partial charge in [-0.15, -0.1) is 0 Å². The molecule has 0 saturated heterocycles. The SMILES string of the molecule is CC(C)(C)OC(=O)N(Cc1cc(CCO)cc(Cl)c1Cl)C1CC1.COCCc1cc(Cl)c(Cl)c(CN(C(=O)OC(C)(C)C)C2CC2)c1. The molecule has 2 aromatic carbocycles. The maximum atomic E-state index is 12.5. The molecule has 2 aliphatic rings. The van der Waals surface area contributed by atoms with Crippen LogP contribution < -0.4 is 0 Å². The second-order valence-corrected chi connectivity index (χ2v) is 15.6. The number of amides is 2. The van der Waals surface area contributed by atoms with Gasteiger partial charge in [0.15, 0.2) is 0 Å². The van der Waals surface area contributed by atoms with E-state index >= 15 is 0 Å². The molecule has 0 aliphatic heterocycles. The van der Waals surface area contributed by atoms with Gasteiger partial charge in [0, 0.05) is 25.8 Å². The number of halogens is 4. The molecule has 47 heavy (non-hydrogen) atoms. The van der Waals surface area contributed by atoms with E-state index in [-0.39, 0.29) is 30.9 Å². The number of methoxy groups -OCH3 is 1. The smallest absolute Gasteiger partial charge is 0.410 e. The number of carbonyl (C=O) groups excluding carboxylic acids is 2. The molecule has 2 fully saturated rings. The van der Waals surface area contributed by atoms with Gasteiger partial charge in [-0.3, -0.25) is 0 Å². The van der Waals surface area contributed by atoms with E-state index in [9.17, 15) is 9.59 Å². The van der Waals surface area contributed by atoms with Crippen molar-refractivity contribution in [1.29, 1.82) is 0 Å². The quantitative estimate of drug-likeness (QED) is 0.248. The summed E-state index contributed by atoms with van der Waals surface area (Å²) in [5.41, 5.74) is 2.50. The van der Waals surface area contributed by atoms with Crippen LogP contribution >= 0.6 is 46.4 Å². The predicted molar refractivity (Wildman–Crippen MR) is 189 cm³/mol. The van der Waals surface area contributed by atoms with E-state index in [1.54, 1.807) is 23.0 Å². The summed E-state index contributed by atoms with van der Waals surface area (Å²) in [7, 11) is 1.66. The minimum Gasteiger partial charge on any atom is -0.444 e. The van der Waals surface area contributed by atoms with Crippen LogP contribution in [0.25, 0.3) is 0 Å². The zero-order valence-corrected chi connectivity index (χ0v) is 31.5. The van der Waals surface area contributed by atoms with E-state index in [1.807, 2.05) is 59.7 Å². The van der Waals surface area contributed by atoms with Gasteiger partial charge >= 0.3 is 12.2 Å². The molecule has 2 aliphatic carbocycles. The van der Waals surface area contributed by atoms with Crippen LogP contribution in [0.3, 0.4) is 0 Å². The van der Waals surface area contributed by atoms with Crippen molar-refractivity contribution in [2.75, 3.05) is 20.3 Å². The number of nitrogens with zero attached hydrogens (tertiary/aromatic N) is 2. The molecule has 8 nitrogen and oxygen atoms in total. The molecular formula is C35H48Cl4N2O6. The average Bonchev–Trinajstić information content (AvgIpc) is 3.87. The number of aliphatic hydroxyl groups is 1. The standard InChI is InChI=1S/C18H25Cl2NO3.C17H23Cl2NO3/c1-18(2,3)24-17(22)21(14-5-6-14)11-13-9-12(7-8-23-4)10-15(19)16(13)20;1-17(2,3)23-16(22)20(13-4-5-13)10-12-8-11(6-7-21)9-14(18)15(12)19/h9-10,14H,5-8,11H2,1-4H3;8-9,13,21H,4-7,10H2,1-3H3. The van der Waals surface area contributed by atoms with Crippen molar-refractivity contribution < 1.29 is 28.9 Å². The van der Waals surface area contributed by atoms with Gasteiger partial charge < -0.3 is 29.1 Å². The third kappa shape index (κ3) is 13.1. The first-order chi connectivity index (χ1) is 21.9. The Morgan fingerprint density at radius 2 is 1.11 bits per heavy atom. The highest BCUT2D eigenvalue weighted by Gasteiger charge is 2.37. The lowest BCUT2D eigenvalue weighted by molar-refractivity contribution is 0.0206. The molecule has 0 atom stereocenters. The van der Waals surface area contributed by atoms with Gasteiger partial charge in [0.25, 0.3) is 0 Å². The van der Waals surface area contributed by atoms with E-state index in [4.69, 9.17) is 65.7 Å². The highest BCUT2D eigenvalue weighted by atomic mass is 35.5. The molecule has 0 heterocycles. The predicted octanol–water partition coefficient (Wildman–Crippen LogP) is 9.51. The fraction of sp³-hybridized carbons (Fsp3) is 0.600. The Kier molecular flexibility index (Phi) is 14.4. The van der Waals surface area contributed by atoms with Gasteiger partial charge in [0.2, 0.25) is 0 Å². The van der Waals surface area contributed by atoms with Crippen LogP contribution in [0.1, 0.15) is 89.5 Å². The monoisotopic (exact) mass is 732 g/mol. The first-order valence-corrected chi connectivity index (χ1v) is 17.5. The van der Waals surface area contributed by atoms with Crippen molar-refractivity contribution in [2.45, 2.75) is 116 Å². The molecule has 2 aromatic rings. The summed E-state index contributed by atoms with van der Waals surface area (Å²) in [6.07, 6.45) is 4.54. The molecule has 1 N–H and O–H groups in total. The van der Waals surface area contributed by atoms with Crippen LogP contribution in [0.5, 0.6) is 0 Å². The van der Waals surface area contributed by atoms with Crippen LogP contribution in [-0.4, -0.2) is 70.7 Å². The molecule has 4 rings (SSSR count). The first kappa shape index (κ1) is 39.5. The lowest BCUT2D eigenvalue weighted by Gasteiger charge is -2.28. The summed E-state index contributed by atoms with van der Waals surface area (Å²) in [5.74, 6) is 0. The van der Waals surface area contributed by atoms with Crippen molar-refractivity contribution in [3.63, 3.8) is 0 Å². The number of ether oxygens (including phenoxy) is 3. The summed E-state index contributed by atoms with van der Waals surface area (Å²) in [6.45, 7) is 12.6. The number of carbonyl (C=O) groups is 2. The molecule has 0 spiro atoms. The third-order valence-electron chi connectivity index (χ3n) is 7.23. The summed E-state index contributed by atoms with van der Waals surface area (Å²) in [6, 6.07) is 7.90. The maximum Gasteiger partial charge on any atom is 0.410 e. The molecule has 0 radical (unpaired) electrons. The topological polar surface area (TPSA) is 88.5 Å². The fourth-order valence-electron chi connectivity index (χ4n) is 4.75. The van der Waals surface area contributed by atoms with Gasteiger partial charge in [-0.1, -0.05) is 58.5 Å². The lowest BCUT2D eigenvalue weighted by atomic mass is 10.1. The van der Waals surface area contributed by atoms with Gasteiger partial charge in [0.1, 0.15) is 11.2 Å². The van der Waals surface area contributed by atoms with Crippen molar-refractivity contribution in [1.82, 2.24) is 9.80 Å². The number of aliphatic hydroxyl groups excluding tert-OH is 1. The minimum absolute atomic E-state index is 0.0375. The van der Waals surface area contributed by atoms with Crippen molar-refractivity contribution in [3.05, 3.63) is 66.6 Å². The highest BCUT2D eigenvalue weighted by Crippen LogP contribution is 2.35. The average molecular weight is 735 g/mol. The van der Waals surface area contributed by atoms with Crippen molar-refractivity contribution in [3.8, 4) is 0 Å². The summed E-state index contributed by atoms with van der Waals surface area (Å²) >= 11 is 25.1. The number of hydrogen-bond acceptors (Lipinski definition) is 6. The second kappa shape index (κ2) is 17.1. The van der Waals surface area contributed by atoms with Crippen LogP contribution in [0.4, 0.5) is 9.59 Å². The van der Waals surface area contributed by atoms with E-state index in [1.165, 1.54) is 0 Å². The Morgan fingerprint density at radius 1 is 0.723 bits per heavy atom. The van der Waals surface area contributed by atoms with Gasteiger partial charge in [-0.05, 0) is 114 Å². The van der Waals surface area contributed by atoms with Gasteiger partial charge in [0.05, 0.1) is 39.8 Å². The van der Waals surface area contributed by atoms with Crippen LogP contribution in [-0.2, 0) is 40.1 Å². The lowest BCUT2D eigenvalue weighted by Crippen LogP contribution is -2.37. The number of rotatable bonds is 11. The first-order valence-electron chi connectivity index (χ1n) is 15.9. The van der Waals surface area contributed by atoms with Gasteiger partial charge in [-0.25, -0.2) is 9.59 Å². The Morgan fingerprint density at radius 3 is 1.43 bits per heavy atom. The van der Waals surface area contributed by atoms with Gasteiger partial charge in [-0.2, -0.15) is 0 Å². The van der Waals surface area contributed by atoms with E-state index < -0.39 is 11.2 Å². The normalized spacial score (nSPS) is 14.6. The fourth-order valence-corrected chi connectivity index (χ4v) is 5.61. The maximum absolute atomic E-state index is 12.5. The van der Waals surface area contributed by atoms with Crippen molar-refractivity contribution in [2.24, 2.45) is 0 Å². The number of hydrogen-bond donors (Lipinski definition) is 1. The summed E-state index contributed by atoms with van der Waals surface area (Å²) < 4.78 is 16.1. The van der Waals surface area contributed by atoms with Crippen LogP contribution in [0.15, 0.2) is 24.3 Å². The second-order valence-electron chi connectivity index (χ2n) is 14.0. The van der Waals surface area contributed by atoms with E-state index in [0.29, 0.717) is 46.2 Å². The molecular weight excluding hydrogens is 686 g/mol. The zero-order valence-electron chi connectivity index (χ0n) is 28.4. The van der Waals surface area contributed by atoms with E-state index in [2.05, 4.69) is 0 Å². The largest absolute Gasteiger partial charge is 0.444 e. The highest BCUT2D eigenvalue weighted by molar-refractivity contribution is 6.43. The zero-order chi connectivity index (χ0) is 35.1. The third-order valence-corrected chi connectivity index (χ3v) is 8.92. The van der Waals surface area contributed by atoms with Crippen LogP contribution in [0, 0.1) is 0 Å². The molecule has 0 aromatic heterocycles. The van der Waals surface area contributed by atoms with Crippen molar-refractivity contribution >= 4 is 58.6 Å². The Labute approximate surface area is 299 Å². The molecule has 0 unspecified atom stereocenters. The van der Waals surface area contributed by atoms with Crippen LogP contribution in [0.2, 0.25) is 20.1 Å².